The molecule has 0 aromatic rings. The maximum Gasteiger partial charge on any atom is 0.312 e. The Morgan fingerprint density at radius 1 is 1.14 bits per heavy atom. The van der Waals surface area contributed by atoms with Crippen molar-refractivity contribution >= 4 is 24.3 Å². The molecule has 1 unspecified atom stereocenters. The maximum atomic E-state index is 12.2. The molecule has 0 bridgehead atoms. The van der Waals surface area contributed by atoms with Gasteiger partial charge in [-0.25, -0.2) is 4.79 Å². The summed E-state index contributed by atoms with van der Waals surface area (Å²) >= 11 is 0. The molecule has 1 fully saturated rings. The molecule has 1 rings (SSSR count). The lowest BCUT2D eigenvalue weighted by molar-refractivity contribution is -0.134. The summed E-state index contributed by atoms with van der Waals surface area (Å²) in [6, 6.07) is -0.419. The van der Waals surface area contributed by atoms with E-state index >= 15 is 0 Å². The number of rotatable bonds is 8. The minimum atomic E-state index is -0.523. The SMILES string of the molecule is Cl.NCCCCCCC(=O)N1CCCCC1CNC(N)=O. The monoisotopic (exact) mass is 320 g/mol. The third-order valence-electron chi connectivity index (χ3n) is 3.80. The standard InChI is InChI=1S/C14H28N4O2.ClH/c15-9-5-2-1-3-8-13(19)18-10-6-4-7-12(18)11-17-14(16)20;/h12H,1-11,15H2,(H3,16,17,20);1H. The van der Waals surface area contributed by atoms with E-state index in [1.165, 1.54) is 0 Å². The topological polar surface area (TPSA) is 101 Å². The van der Waals surface area contributed by atoms with Gasteiger partial charge in [-0.3, -0.25) is 4.79 Å². The van der Waals surface area contributed by atoms with E-state index in [1.807, 2.05) is 4.90 Å². The van der Waals surface area contributed by atoms with Crippen LogP contribution in [0, 0.1) is 0 Å². The van der Waals surface area contributed by atoms with Gasteiger partial charge in [-0.15, -0.1) is 12.4 Å². The molecule has 1 aliphatic heterocycles. The molecule has 21 heavy (non-hydrogen) atoms. The van der Waals surface area contributed by atoms with Crippen LogP contribution in [-0.4, -0.2) is 42.5 Å². The molecule has 0 radical (unpaired) electrons. The van der Waals surface area contributed by atoms with Crippen molar-refractivity contribution in [3.8, 4) is 0 Å². The molecular weight excluding hydrogens is 292 g/mol. The average molecular weight is 321 g/mol. The Balaban J connectivity index is 0.00000400. The van der Waals surface area contributed by atoms with Crippen molar-refractivity contribution in [3.05, 3.63) is 0 Å². The third kappa shape index (κ3) is 8.12. The number of nitrogens with two attached hydrogens (primary N) is 2. The number of carbonyl (C=O) groups excluding carboxylic acids is 2. The Morgan fingerprint density at radius 3 is 2.52 bits per heavy atom. The Morgan fingerprint density at radius 2 is 1.86 bits per heavy atom. The van der Waals surface area contributed by atoms with E-state index in [9.17, 15) is 9.59 Å². The first-order valence-corrected chi connectivity index (χ1v) is 7.68. The van der Waals surface area contributed by atoms with E-state index in [-0.39, 0.29) is 24.4 Å². The van der Waals surface area contributed by atoms with Crippen molar-refractivity contribution in [2.24, 2.45) is 11.5 Å². The van der Waals surface area contributed by atoms with E-state index in [1.54, 1.807) is 0 Å². The van der Waals surface area contributed by atoms with Crippen LogP contribution in [0.4, 0.5) is 4.79 Å². The molecule has 6 nitrogen and oxygen atoms in total. The Bertz CT molecular complexity index is 315. The molecule has 5 N–H and O–H groups in total. The Labute approximate surface area is 133 Å². The fourth-order valence-electron chi connectivity index (χ4n) is 2.68. The second kappa shape index (κ2) is 11.6. The van der Waals surface area contributed by atoms with Crippen LogP contribution < -0.4 is 16.8 Å². The number of primary amides is 1. The van der Waals surface area contributed by atoms with Crippen LogP contribution in [0.2, 0.25) is 0 Å². The van der Waals surface area contributed by atoms with Crippen molar-refractivity contribution in [1.29, 1.82) is 0 Å². The second-order valence-electron chi connectivity index (χ2n) is 5.43. The molecule has 1 atom stereocenters. The van der Waals surface area contributed by atoms with Crippen LogP contribution >= 0.6 is 12.4 Å². The third-order valence-corrected chi connectivity index (χ3v) is 3.80. The van der Waals surface area contributed by atoms with E-state index in [4.69, 9.17) is 11.5 Å². The molecule has 0 saturated carbocycles. The first kappa shape index (κ1) is 20.0. The highest BCUT2D eigenvalue weighted by Gasteiger charge is 2.26. The van der Waals surface area contributed by atoms with Crippen molar-refractivity contribution in [1.82, 2.24) is 10.2 Å². The molecule has 1 saturated heterocycles. The predicted octanol–water partition coefficient (Wildman–Crippen LogP) is 1.37. The summed E-state index contributed by atoms with van der Waals surface area (Å²) in [7, 11) is 0. The average Bonchev–Trinajstić information content (AvgIpc) is 2.45. The number of unbranched alkanes of at least 4 members (excludes halogenated alkanes) is 3. The summed E-state index contributed by atoms with van der Waals surface area (Å²) in [4.78, 5) is 25.0. The summed E-state index contributed by atoms with van der Waals surface area (Å²) in [5.74, 6) is 0.203. The number of hydrogen-bond acceptors (Lipinski definition) is 3. The largest absolute Gasteiger partial charge is 0.352 e. The highest BCUT2D eigenvalue weighted by atomic mass is 35.5. The smallest absolute Gasteiger partial charge is 0.312 e. The van der Waals surface area contributed by atoms with Crippen LogP contribution in [0.25, 0.3) is 0 Å². The van der Waals surface area contributed by atoms with Crippen molar-refractivity contribution < 1.29 is 9.59 Å². The summed E-state index contributed by atoms with van der Waals surface area (Å²) in [6.07, 6.45) is 7.79. The first-order valence-electron chi connectivity index (χ1n) is 7.68. The molecule has 0 aromatic heterocycles. The molecule has 0 aliphatic carbocycles. The summed E-state index contributed by atoms with van der Waals surface area (Å²) < 4.78 is 0. The minimum Gasteiger partial charge on any atom is -0.352 e. The highest BCUT2D eigenvalue weighted by molar-refractivity contribution is 5.85. The number of halogens is 1. The number of nitrogens with one attached hydrogen (secondary N) is 1. The summed E-state index contributed by atoms with van der Waals surface area (Å²) in [5.41, 5.74) is 10.5. The van der Waals surface area contributed by atoms with E-state index in [0.717, 1.165) is 58.0 Å². The molecule has 1 heterocycles. The van der Waals surface area contributed by atoms with Gasteiger partial charge in [0.1, 0.15) is 0 Å². The lowest BCUT2D eigenvalue weighted by atomic mass is 10.0. The van der Waals surface area contributed by atoms with Crippen molar-refractivity contribution in [2.45, 2.75) is 57.4 Å². The number of carbonyl (C=O) groups is 2. The normalized spacial score (nSPS) is 18.0. The molecule has 0 spiro atoms. The minimum absolute atomic E-state index is 0. The molecule has 124 valence electrons. The van der Waals surface area contributed by atoms with Crippen LogP contribution in [-0.2, 0) is 4.79 Å². The molecule has 0 aromatic carbocycles. The summed E-state index contributed by atoms with van der Waals surface area (Å²) in [5, 5.41) is 2.62. The predicted molar refractivity (Wildman–Crippen MR) is 86.3 cm³/mol. The lowest BCUT2D eigenvalue weighted by Gasteiger charge is -2.36. The fraction of sp³-hybridized carbons (Fsp3) is 0.857. The van der Waals surface area contributed by atoms with Gasteiger partial charge in [0, 0.05) is 25.6 Å². The van der Waals surface area contributed by atoms with Crippen LogP contribution in [0.3, 0.4) is 0 Å². The van der Waals surface area contributed by atoms with Crippen LogP contribution in [0.1, 0.15) is 51.4 Å². The van der Waals surface area contributed by atoms with E-state index in [0.29, 0.717) is 13.0 Å². The van der Waals surface area contributed by atoms with Gasteiger partial charge in [0.2, 0.25) is 5.91 Å². The Hall–Kier alpha value is -1.01. The van der Waals surface area contributed by atoms with Gasteiger partial charge in [0.25, 0.3) is 0 Å². The van der Waals surface area contributed by atoms with Gasteiger partial charge in [0.15, 0.2) is 0 Å². The zero-order chi connectivity index (χ0) is 14.8. The number of hydrogen-bond donors (Lipinski definition) is 3. The first-order chi connectivity index (χ1) is 9.65. The zero-order valence-electron chi connectivity index (χ0n) is 12.7. The number of urea groups is 1. The van der Waals surface area contributed by atoms with Crippen molar-refractivity contribution in [2.75, 3.05) is 19.6 Å². The van der Waals surface area contributed by atoms with E-state index < -0.39 is 6.03 Å². The fourth-order valence-corrected chi connectivity index (χ4v) is 2.68. The number of piperidine rings is 1. The van der Waals surface area contributed by atoms with Gasteiger partial charge in [-0.2, -0.15) is 0 Å². The van der Waals surface area contributed by atoms with Gasteiger partial charge in [0.05, 0.1) is 0 Å². The van der Waals surface area contributed by atoms with Crippen molar-refractivity contribution in [3.63, 3.8) is 0 Å². The lowest BCUT2D eigenvalue weighted by Crippen LogP contribution is -2.50. The van der Waals surface area contributed by atoms with Crippen LogP contribution in [0.5, 0.6) is 0 Å². The second-order valence-corrected chi connectivity index (χ2v) is 5.43. The number of likely N-dealkylation sites (tertiary alicyclic amines) is 1. The van der Waals surface area contributed by atoms with E-state index in [2.05, 4.69) is 5.32 Å². The van der Waals surface area contributed by atoms with Crippen LogP contribution in [0.15, 0.2) is 0 Å². The summed E-state index contributed by atoms with van der Waals surface area (Å²) in [6.45, 7) is 1.99. The maximum absolute atomic E-state index is 12.2. The molecular formula is C14H29ClN4O2. The van der Waals surface area contributed by atoms with Gasteiger partial charge >= 0.3 is 6.03 Å². The quantitative estimate of drug-likeness (QED) is 0.588. The molecule has 3 amide bonds. The van der Waals surface area contributed by atoms with Gasteiger partial charge in [-0.1, -0.05) is 12.8 Å². The molecule has 7 heteroatoms. The zero-order valence-corrected chi connectivity index (χ0v) is 13.5. The van der Waals surface area contributed by atoms with Gasteiger partial charge in [-0.05, 0) is 38.6 Å². The number of amides is 3. The molecule has 1 aliphatic rings. The number of nitrogens with zero attached hydrogens (tertiary/aromatic N) is 1. The Kier molecular flexibility index (Phi) is 11.1. The van der Waals surface area contributed by atoms with Gasteiger partial charge < -0.3 is 21.7 Å². The highest BCUT2D eigenvalue weighted by Crippen LogP contribution is 2.18.